The number of carbonyl (C=O) groups excluding carboxylic acids is 2. The summed E-state index contributed by atoms with van der Waals surface area (Å²) >= 11 is 6.99. The predicted molar refractivity (Wildman–Crippen MR) is 110 cm³/mol. The fraction of sp³-hybridized carbons (Fsp3) is 0.143. The average Bonchev–Trinajstić information content (AvgIpc) is 3.13. The summed E-state index contributed by atoms with van der Waals surface area (Å²) in [6.07, 6.45) is -1.13. The van der Waals surface area contributed by atoms with Crippen LogP contribution < -0.4 is 10.1 Å². The van der Waals surface area contributed by atoms with E-state index in [1.165, 1.54) is 7.11 Å². The van der Waals surface area contributed by atoms with Crippen molar-refractivity contribution in [1.82, 2.24) is 0 Å². The monoisotopic (exact) mass is 415 g/mol. The Labute approximate surface area is 171 Å². The van der Waals surface area contributed by atoms with Crippen molar-refractivity contribution in [3.05, 3.63) is 81.0 Å². The number of esters is 1. The third kappa shape index (κ3) is 4.71. The lowest BCUT2D eigenvalue weighted by atomic mass is 10.1. The van der Waals surface area contributed by atoms with Crippen molar-refractivity contribution < 1.29 is 19.1 Å². The van der Waals surface area contributed by atoms with E-state index >= 15 is 0 Å². The van der Waals surface area contributed by atoms with Gasteiger partial charge in [0, 0.05) is 5.56 Å². The highest BCUT2D eigenvalue weighted by Gasteiger charge is 2.27. The molecule has 3 rings (SSSR count). The first-order chi connectivity index (χ1) is 13.5. The van der Waals surface area contributed by atoms with Crippen LogP contribution in [0.5, 0.6) is 5.75 Å². The summed E-state index contributed by atoms with van der Waals surface area (Å²) in [6.45, 7) is 1.91. The highest BCUT2D eigenvalue weighted by Crippen LogP contribution is 2.29. The SMILES string of the molecule is COc1ccc(C)cc1NC(=O)C(OC(=O)c1ccc(Cl)s1)c1ccccc1. The Morgan fingerprint density at radius 3 is 2.46 bits per heavy atom. The number of amides is 1. The summed E-state index contributed by atoms with van der Waals surface area (Å²) in [5.41, 5.74) is 2.02. The maximum absolute atomic E-state index is 13.0. The average molecular weight is 416 g/mol. The van der Waals surface area contributed by atoms with Crippen LogP contribution in [0.2, 0.25) is 4.34 Å². The van der Waals surface area contributed by atoms with Crippen LogP contribution >= 0.6 is 22.9 Å². The normalized spacial score (nSPS) is 11.5. The number of hydrogen-bond acceptors (Lipinski definition) is 5. The van der Waals surface area contributed by atoms with Crippen molar-refractivity contribution >= 4 is 40.5 Å². The van der Waals surface area contributed by atoms with E-state index in [4.69, 9.17) is 21.1 Å². The quantitative estimate of drug-likeness (QED) is 0.558. The number of rotatable bonds is 6. The molecule has 0 saturated carbocycles. The van der Waals surface area contributed by atoms with E-state index < -0.39 is 18.0 Å². The van der Waals surface area contributed by atoms with Gasteiger partial charge in [-0.05, 0) is 36.8 Å². The molecule has 1 amide bonds. The third-order valence-electron chi connectivity index (χ3n) is 3.95. The van der Waals surface area contributed by atoms with Crippen LogP contribution in [0.15, 0.2) is 60.7 Å². The number of thiophene rings is 1. The molecule has 2 aromatic carbocycles. The fourth-order valence-electron chi connectivity index (χ4n) is 2.61. The Morgan fingerprint density at radius 1 is 1.07 bits per heavy atom. The molecule has 0 aliphatic heterocycles. The van der Waals surface area contributed by atoms with Crippen LogP contribution in [-0.4, -0.2) is 19.0 Å². The first-order valence-corrected chi connectivity index (χ1v) is 9.64. The lowest BCUT2D eigenvalue weighted by Crippen LogP contribution is -2.26. The lowest BCUT2D eigenvalue weighted by Gasteiger charge is -2.19. The van der Waals surface area contributed by atoms with Crippen molar-refractivity contribution in [2.24, 2.45) is 0 Å². The zero-order valence-electron chi connectivity index (χ0n) is 15.3. The van der Waals surface area contributed by atoms with Gasteiger partial charge in [-0.2, -0.15) is 0 Å². The molecule has 0 saturated heterocycles. The van der Waals surface area contributed by atoms with Crippen LogP contribution in [0.3, 0.4) is 0 Å². The van der Waals surface area contributed by atoms with Gasteiger partial charge >= 0.3 is 5.97 Å². The van der Waals surface area contributed by atoms with E-state index in [0.717, 1.165) is 16.9 Å². The van der Waals surface area contributed by atoms with Gasteiger partial charge in [0.1, 0.15) is 10.6 Å². The van der Waals surface area contributed by atoms with E-state index in [1.54, 1.807) is 48.5 Å². The van der Waals surface area contributed by atoms with Crippen LogP contribution in [0.4, 0.5) is 5.69 Å². The molecular weight excluding hydrogens is 398 g/mol. The van der Waals surface area contributed by atoms with E-state index in [1.807, 2.05) is 19.1 Å². The van der Waals surface area contributed by atoms with Gasteiger partial charge in [-0.25, -0.2) is 4.79 Å². The van der Waals surface area contributed by atoms with Gasteiger partial charge in [0.05, 0.1) is 17.1 Å². The minimum absolute atomic E-state index is 0.326. The summed E-state index contributed by atoms with van der Waals surface area (Å²) in [7, 11) is 1.52. The van der Waals surface area contributed by atoms with Crippen LogP contribution in [0, 0.1) is 6.92 Å². The Kier molecular flexibility index (Phi) is 6.34. The standard InChI is InChI=1S/C21H18ClNO4S/c1-13-8-9-16(26-2)15(12-13)23-20(24)19(14-6-4-3-5-7-14)27-21(25)17-10-11-18(22)28-17/h3-12,19H,1-2H3,(H,23,24). The number of halogens is 1. The number of aryl methyl sites for hydroxylation is 1. The van der Waals surface area contributed by atoms with Crippen molar-refractivity contribution in [3.8, 4) is 5.75 Å². The molecule has 5 nitrogen and oxygen atoms in total. The molecule has 0 spiro atoms. The van der Waals surface area contributed by atoms with E-state index in [9.17, 15) is 9.59 Å². The minimum Gasteiger partial charge on any atom is -0.495 e. The number of ether oxygens (including phenoxy) is 2. The topological polar surface area (TPSA) is 64.6 Å². The molecule has 0 aliphatic carbocycles. The van der Waals surface area contributed by atoms with Gasteiger partial charge in [0.25, 0.3) is 5.91 Å². The zero-order valence-corrected chi connectivity index (χ0v) is 16.8. The summed E-state index contributed by atoms with van der Waals surface area (Å²) < 4.78 is 11.3. The van der Waals surface area contributed by atoms with Gasteiger partial charge in [0.2, 0.25) is 6.10 Å². The Bertz CT molecular complexity index is 987. The van der Waals surface area contributed by atoms with Crippen LogP contribution in [-0.2, 0) is 9.53 Å². The molecule has 1 heterocycles. The molecular formula is C21H18ClNO4S. The van der Waals surface area contributed by atoms with E-state index in [0.29, 0.717) is 26.2 Å². The Balaban J connectivity index is 1.87. The lowest BCUT2D eigenvalue weighted by molar-refractivity contribution is -0.125. The van der Waals surface area contributed by atoms with Crippen molar-refractivity contribution in [2.45, 2.75) is 13.0 Å². The maximum atomic E-state index is 13.0. The first-order valence-electron chi connectivity index (χ1n) is 8.44. The molecule has 144 valence electrons. The summed E-state index contributed by atoms with van der Waals surface area (Å²) in [4.78, 5) is 25.8. The molecule has 0 radical (unpaired) electrons. The van der Waals surface area contributed by atoms with Crippen LogP contribution in [0.25, 0.3) is 0 Å². The van der Waals surface area contributed by atoms with Crippen molar-refractivity contribution in [3.63, 3.8) is 0 Å². The minimum atomic E-state index is -1.13. The largest absolute Gasteiger partial charge is 0.495 e. The molecule has 1 unspecified atom stereocenters. The third-order valence-corrected chi connectivity index (χ3v) is 5.16. The molecule has 0 fully saturated rings. The second-order valence-corrected chi connectivity index (χ2v) is 7.71. The van der Waals surface area contributed by atoms with Gasteiger partial charge in [0.15, 0.2) is 0 Å². The Hall–Kier alpha value is -2.83. The maximum Gasteiger partial charge on any atom is 0.349 e. The zero-order chi connectivity index (χ0) is 20.1. The second kappa shape index (κ2) is 8.91. The molecule has 0 aliphatic rings. The molecule has 28 heavy (non-hydrogen) atoms. The highest BCUT2D eigenvalue weighted by atomic mass is 35.5. The summed E-state index contributed by atoms with van der Waals surface area (Å²) in [5.74, 6) is -0.578. The number of methoxy groups -OCH3 is 1. The van der Waals surface area contributed by atoms with Crippen LogP contribution in [0.1, 0.15) is 26.9 Å². The summed E-state index contributed by atoms with van der Waals surface area (Å²) in [6, 6.07) is 17.4. The number of anilines is 1. The molecule has 3 aromatic rings. The Morgan fingerprint density at radius 2 is 1.82 bits per heavy atom. The fourth-order valence-corrected chi connectivity index (χ4v) is 3.53. The van der Waals surface area contributed by atoms with E-state index in [2.05, 4.69) is 5.32 Å². The molecule has 0 bridgehead atoms. The number of nitrogens with one attached hydrogen (secondary N) is 1. The molecule has 7 heteroatoms. The molecule has 1 aromatic heterocycles. The highest BCUT2D eigenvalue weighted by molar-refractivity contribution is 7.17. The number of benzene rings is 2. The van der Waals surface area contributed by atoms with Gasteiger partial charge in [-0.15, -0.1) is 11.3 Å². The van der Waals surface area contributed by atoms with E-state index in [-0.39, 0.29) is 0 Å². The predicted octanol–water partition coefficient (Wildman–Crippen LogP) is 5.26. The van der Waals surface area contributed by atoms with Gasteiger partial charge < -0.3 is 14.8 Å². The second-order valence-electron chi connectivity index (χ2n) is 5.99. The molecule has 1 N–H and O–H groups in total. The van der Waals surface area contributed by atoms with Crippen molar-refractivity contribution in [1.29, 1.82) is 0 Å². The van der Waals surface area contributed by atoms with Crippen molar-refractivity contribution in [2.75, 3.05) is 12.4 Å². The first kappa shape index (κ1) is 19.9. The smallest absolute Gasteiger partial charge is 0.349 e. The molecule has 1 atom stereocenters. The van der Waals surface area contributed by atoms with Gasteiger partial charge in [-0.1, -0.05) is 48.0 Å². The summed E-state index contributed by atoms with van der Waals surface area (Å²) in [5, 5.41) is 2.80. The van der Waals surface area contributed by atoms with Gasteiger partial charge in [-0.3, -0.25) is 4.79 Å². The number of hydrogen-bond donors (Lipinski definition) is 1. The number of carbonyl (C=O) groups is 2.